The molecule has 0 aliphatic rings. The van der Waals surface area contributed by atoms with Gasteiger partial charge in [0, 0.05) is 29.2 Å². The molecule has 168 valence electrons. The van der Waals surface area contributed by atoms with Crippen molar-refractivity contribution >= 4 is 17.7 Å². The van der Waals surface area contributed by atoms with Crippen molar-refractivity contribution in [2.24, 2.45) is 0 Å². The molecule has 0 saturated carbocycles. The van der Waals surface area contributed by atoms with Crippen molar-refractivity contribution in [3.8, 4) is 17.5 Å². The van der Waals surface area contributed by atoms with Gasteiger partial charge in [-0.3, -0.25) is 10.1 Å². The minimum absolute atomic E-state index is 0.0504. The van der Waals surface area contributed by atoms with Crippen LogP contribution in [0.1, 0.15) is 29.4 Å². The number of carbonyl (C=O) groups excluding carboxylic acids is 1. The van der Waals surface area contributed by atoms with Crippen LogP contribution in [-0.2, 0) is 16.1 Å². The number of hydrogen-bond donors (Lipinski definition) is 0. The molecular formula is C25H23N3O5. The lowest BCUT2D eigenvalue weighted by Gasteiger charge is -2.11. The number of nitrogens with zero attached hydrogens (tertiary/aromatic N) is 3. The predicted molar refractivity (Wildman–Crippen MR) is 123 cm³/mol. The summed E-state index contributed by atoms with van der Waals surface area (Å²) in [6, 6.07) is 17.2. The van der Waals surface area contributed by atoms with Gasteiger partial charge < -0.3 is 14.0 Å². The van der Waals surface area contributed by atoms with E-state index in [1.165, 1.54) is 30.3 Å². The summed E-state index contributed by atoms with van der Waals surface area (Å²) in [5.74, 6) is 0.0214. The van der Waals surface area contributed by atoms with Crippen LogP contribution in [0.5, 0.6) is 5.75 Å². The largest absolute Gasteiger partial charge is 0.494 e. The molecule has 8 heteroatoms. The molecule has 0 aliphatic heterocycles. The summed E-state index contributed by atoms with van der Waals surface area (Å²) in [6.45, 7) is 6.27. The number of rotatable bonds is 8. The maximum atomic E-state index is 12.5. The van der Waals surface area contributed by atoms with Crippen LogP contribution in [0.3, 0.4) is 0 Å². The van der Waals surface area contributed by atoms with Gasteiger partial charge in [-0.2, -0.15) is 5.26 Å². The van der Waals surface area contributed by atoms with Crippen LogP contribution in [0, 0.1) is 35.3 Å². The summed E-state index contributed by atoms with van der Waals surface area (Å²) in [6.07, 6.45) is 1.51. The van der Waals surface area contributed by atoms with Crippen LogP contribution in [0.15, 0.2) is 60.2 Å². The van der Waals surface area contributed by atoms with Crippen molar-refractivity contribution in [2.75, 3.05) is 6.61 Å². The first kappa shape index (κ1) is 23.3. The van der Waals surface area contributed by atoms with Gasteiger partial charge in [0.2, 0.25) is 0 Å². The fourth-order valence-corrected chi connectivity index (χ4v) is 3.42. The third-order valence-electron chi connectivity index (χ3n) is 5.03. The van der Waals surface area contributed by atoms with E-state index in [-0.39, 0.29) is 17.9 Å². The molecule has 0 aliphatic carbocycles. The topological polar surface area (TPSA) is 107 Å². The first-order chi connectivity index (χ1) is 15.8. The SMILES string of the molecule is CCOc1ccc(-n2c(C)cc(/C=C(\C#N)C(=O)OCc3ccc([N+](=O)[O-])cc3)c2C)cc1. The van der Waals surface area contributed by atoms with Gasteiger partial charge in [0.15, 0.2) is 0 Å². The fraction of sp³-hybridized carbons (Fsp3) is 0.200. The van der Waals surface area contributed by atoms with E-state index in [0.29, 0.717) is 12.2 Å². The second-order valence-corrected chi connectivity index (χ2v) is 7.26. The molecule has 3 aromatic rings. The minimum Gasteiger partial charge on any atom is -0.494 e. The highest BCUT2D eigenvalue weighted by Gasteiger charge is 2.15. The van der Waals surface area contributed by atoms with E-state index in [9.17, 15) is 20.2 Å². The van der Waals surface area contributed by atoms with Gasteiger partial charge in [0.05, 0.1) is 11.5 Å². The third kappa shape index (κ3) is 5.46. The zero-order valence-electron chi connectivity index (χ0n) is 18.6. The molecule has 3 rings (SSSR count). The third-order valence-corrected chi connectivity index (χ3v) is 5.03. The van der Waals surface area contributed by atoms with Crippen molar-refractivity contribution < 1.29 is 19.2 Å². The molecule has 8 nitrogen and oxygen atoms in total. The lowest BCUT2D eigenvalue weighted by molar-refractivity contribution is -0.384. The van der Waals surface area contributed by atoms with E-state index in [1.54, 1.807) is 0 Å². The van der Waals surface area contributed by atoms with Gasteiger partial charge in [0.1, 0.15) is 24.0 Å². The summed E-state index contributed by atoms with van der Waals surface area (Å²) in [4.78, 5) is 22.7. The summed E-state index contributed by atoms with van der Waals surface area (Å²) in [5.41, 5.74) is 3.87. The van der Waals surface area contributed by atoms with E-state index < -0.39 is 10.9 Å². The van der Waals surface area contributed by atoms with Gasteiger partial charge in [-0.15, -0.1) is 0 Å². The Bertz CT molecular complexity index is 1230. The second kappa shape index (κ2) is 10.3. The predicted octanol–water partition coefficient (Wildman–Crippen LogP) is 5.05. The quantitative estimate of drug-likeness (QED) is 0.158. The minimum atomic E-state index is -0.762. The highest BCUT2D eigenvalue weighted by Crippen LogP contribution is 2.25. The monoisotopic (exact) mass is 445 g/mol. The summed E-state index contributed by atoms with van der Waals surface area (Å²) >= 11 is 0. The lowest BCUT2D eigenvalue weighted by atomic mass is 10.1. The Morgan fingerprint density at radius 3 is 2.39 bits per heavy atom. The average Bonchev–Trinajstić information content (AvgIpc) is 3.09. The molecule has 0 bridgehead atoms. The van der Waals surface area contributed by atoms with Crippen molar-refractivity contribution in [2.45, 2.75) is 27.4 Å². The Kier molecular flexibility index (Phi) is 7.26. The number of hydrogen-bond acceptors (Lipinski definition) is 6. The summed E-state index contributed by atoms with van der Waals surface area (Å²) < 4.78 is 12.7. The van der Waals surface area contributed by atoms with Crippen LogP contribution in [0.4, 0.5) is 5.69 Å². The molecular weight excluding hydrogens is 422 g/mol. The van der Waals surface area contributed by atoms with Gasteiger partial charge >= 0.3 is 5.97 Å². The van der Waals surface area contributed by atoms with Crippen LogP contribution in [-0.4, -0.2) is 22.1 Å². The highest BCUT2D eigenvalue weighted by atomic mass is 16.6. The van der Waals surface area contributed by atoms with Crippen molar-refractivity contribution in [1.29, 1.82) is 5.26 Å². The number of ether oxygens (including phenoxy) is 2. The maximum Gasteiger partial charge on any atom is 0.349 e. The van der Waals surface area contributed by atoms with E-state index in [4.69, 9.17) is 9.47 Å². The maximum absolute atomic E-state index is 12.5. The Morgan fingerprint density at radius 1 is 1.15 bits per heavy atom. The Labute approximate surface area is 191 Å². The zero-order valence-corrected chi connectivity index (χ0v) is 18.6. The molecule has 0 spiro atoms. The number of nitro benzene ring substituents is 1. The molecule has 2 aromatic carbocycles. The van der Waals surface area contributed by atoms with E-state index >= 15 is 0 Å². The van der Waals surface area contributed by atoms with Gasteiger partial charge in [-0.05, 0) is 80.4 Å². The number of nitriles is 1. The average molecular weight is 445 g/mol. The van der Waals surface area contributed by atoms with Gasteiger partial charge in [-0.1, -0.05) is 0 Å². The standard InChI is InChI=1S/C25H23N3O5/c1-4-32-24-11-9-22(10-12-24)27-17(2)13-20(18(27)3)14-21(15-26)25(29)33-16-19-5-7-23(8-6-19)28(30)31/h5-14H,4,16H2,1-3H3/b21-14+. The van der Waals surface area contributed by atoms with Crippen molar-refractivity contribution in [1.82, 2.24) is 4.57 Å². The van der Waals surface area contributed by atoms with Crippen molar-refractivity contribution in [3.05, 3.63) is 92.8 Å². The van der Waals surface area contributed by atoms with Crippen LogP contribution in [0.2, 0.25) is 0 Å². The Hall–Kier alpha value is -4.38. The van der Waals surface area contributed by atoms with Crippen molar-refractivity contribution in [3.63, 3.8) is 0 Å². The van der Waals surface area contributed by atoms with E-state index in [1.807, 2.05) is 61.7 Å². The van der Waals surface area contributed by atoms with Crippen LogP contribution >= 0.6 is 0 Å². The fourth-order valence-electron chi connectivity index (χ4n) is 3.42. The lowest BCUT2D eigenvalue weighted by Crippen LogP contribution is -2.07. The summed E-state index contributed by atoms with van der Waals surface area (Å²) in [5, 5.41) is 20.2. The first-order valence-corrected chi connectivity index (χ1v) is 10.3. The molecule has 1 heterocycles. The molecule has 33 heavy (non-hydrogen) atoms. The molecule has 0 fully saturated rings. The molecule has 0 radical (unpaired) electrons. The molecule has 0 atom stereocenters. The van der Waals surface area contributed by atoms with Gasteiger partial charge in [-0.25, -0.2) is 4.79 Å². The van der Waals surface area contributed by atoms with E-state index in [0.717, 1.165) is 28.4 Å². The highest BCUT2D eigenvalue weighted by molar-refractivity contribution is 5.98. The Balaban J connectivity index is 1.77. The molecule has 0 saturated heterocycles. The number of carbonyl (C=O) groups is 1. The molecule has 0 unspecified atom stereocenters. The van der Waals surface area contributed by atoms with E-state index in [2.05, 4.69) is 0 Å². The number of aryl methyl sites for hydroxylation is 1. The number of esters is 1. The number of benzene rings is 2. The number of non-ortho nitro benzene ring substituents is 1. The number of nitro groups is 1. The normalized spacial score (nSPS) is 11.0. The zero-order chi connectivity index (χ0) is 24.0. The Morgan fingerprint density at radius 2 is 1.82 bits per heavy atom. The summed E-state index contributed by atoms with van der Waals surface area (Å²) in [7, 11) is 0. The molecule has 1 aromatic heterocycles. The molecule has 0 amide bonds. The van der Waals surface area contributed by atoms with Crippen LogP contribution < -0.4 is 4.74 Å². The van der Waals surface area contributed by atoms with Crippen LogP contribution in [0.25, 0.3) is 11.8 Å². The smallest absolute Gasteiger partial charge is 0.349 e. The number of aromatic nitrogens is 1. The second-order valence-electron chi connectivity index (χ2n) is 7.26. The van der Waals surface area contributed by atoms with Gasteiger partial charge in [0.25, 0.3) is 5.69 Å². The first-order valence-electron chi connectivity index (χ1n) is 10.3. The molecule has 0 N–H and O–H groups in total.